The molecule has 1 atom stereocenters. The third-order valence-corrected chi connectivity index (χ3v) is 5.57. The van der Waals surface area contributed by atoms with Crippen LogP contribution in [0.1, 0.15) is 66.4 Å². The highest BCUT2D eigenvalue weighted by Gasteiger charge is 2.53. The number of hydrogen-bond acceptors (Lipinski definition) is 2. The van der Waals surface area contributed by atoms with Crippen LogP contribution in [0.3, 0.4) is 0 Å². The summed E-state index contributed by atoms with van der Waals surface area (Å²) >= 11 is 0. The average molecular weight is 316 g/mol. The average Bonchev–Trinajstić information content (AvgIpc) is 2.67. The van der Waals surface area contributed by atoms with Crippen molar-refractivity contribution in [3.63, 3.8) is 0 Å². The summed E-state index contributed by atoms with van der Waals surface area (Å²) in [6, 6.07) is 10.8. The molecule has 1 aliphatic heterocycles. The third-order valence-electron chi connectivity index (χ3n) is 5.57. The van der Waals surface area contributed by atoms with Gasteiger partial charge in [-0.05, 0) is 57.8 Å². The van der Waals surface area contributed by atoms with Crippen LogP contribution >= 0.6 is 0 Å². The maximum atomic E-state index is 6.28. The lowest BCUT2D eigenvalue weighted by Crippen LogP contribution is -2.41. The van der Waals surface area contributed by atoms with Gasteiger partial charge < -0.3 is 9.31 Å². The summed E-state index contributed by atoms with van der Waals surface area (Å²) in [6.07, 6.45) is 4.78. The molecule has 0 N–H and O–H groups in total. The van der Waals surface area contributed by atoms with E-state index in [-0.39, 0.29) is 18.3 Å². The van der Waals surface area contributed by atoms with Gasteiger partial charge in [0.05, 0.1) is 11.2 Å². The highest BCUT2D eigenvalue weighted by Crippen LogP contribution is 2.43. The van der Waals surface area contributed by atoms with Crippen molar-refractivity contribution in [2.24, 2.45) is 5.92 Å². The second-order valence-corrected chi connectivity index (χ2v) is 8.26. The van der Waals surface area contributed by atoms with Crippen molar-refractivity contribution < 1.29 is 9.31 Å². The van der Waals surface area contributed by atoms with Gasteiger partial charge >= 0.3 is 7.12 Å². The molecule has 0 unspecified atom stereocenters. The molecule has 0 amide bonds. The Balaban J connectivity index is 1.85. The van der Waals surface area contributed by atoms with E-state index in [1.807, 2.05) is 0 Å². The van der Waals surface area contributed by atoms with Gasteiger partial charge in [0.1, 0.15) is 0 Å². The first-order valence-corrected chi connectivity index (χ1v) is 9.12. The topological polar surface area (TPSA) is 18.5 Å². The molecule has 1 aromatic carbocycles. The van der Waals surface area contributed by atoms with E-state index in [1.54, 1.807) is 0 Å². The van der Waals surface area contributed by atoms with E-state index in [1.165, 1.54) is 24.8 Å². The minimum atomic E-state index is -0.227. The van der Waals surface area contributed by atoms with Crippen LogP contribution in [0.2, 0.25) is 5.82 Å². The largest absolute Gasteiger partial charge is 0.461 e. The molecule has 1 aromatic rings. The smallest absolute Gasteiger partial charge is 0.403 e. The van der Waals surface area contributed by atoms with E-state index in [4.69, 9.17) is 9.31 Å². The molecule has 1 fully saturated rings. The molecular weight excluding hydrogens is 283 g/mol. The van der Waals surface area contributed by atoms with E-state index in [0.717, 1.165) is 6.42 Å². The van der Waals surface area contributed by atoms with Gasteiger partial charge in [-0.1, -0.05) is 57.0 Å². The standard InChI is InChI=1S/C20H33BO2/c1-16(2)18(21-22-19(3,4)20(5,6)23-21)15-11-10-14-17-12-8-7-9-13-17/h7-9,12-13,16,18H,10-11,14-15H2,1-6H3/t18-/m0/s1. The zero-order valence-corrected chi connectivity index (χ0v) is 15.8. The second-order valence-electron chi connectivity index (χ2n) is 8.26. The zero-order chi connectivity index (χ0) is 17.1. The highest BCUT2D eigenvalue weighted by atomic mass is 16.7. The fourth-order valence-corrected chi connectivity index (χ4v) is 3.20. The lowest BCUT2D eigenvalue weighted by Gasteiger charge is -2.32. The Morgan fingerprint density at radius 3 is 2.00 bits per heavy atom. The number of aryl methyl sites for hydroxylation is 1. The summed E-state index contributed by atoms with van der Waals surface area (Å²) in [7, 11) is -0.0725. The molecule has 0 aliphatic carbocycles. The monoisotopic (exact) mass is 316 g/mol. The van der Waals surface area contributed by atoms with Gasteiger partial charge in [-0.3, -0.25) is 0 Å². The number of rotatable bonds is 7. The Bertz CT molecular complexity index is 466. The summed E-state index contributed by atoms with van der Waals surface area (Å²) < 4.78 is 12.6. The van der Waals surface area contributed by atoms with Crippen LogP contribution in [-0.2, 0) is 15.7 Å². The molecule has 1 aliphatic rings. The highest BCUT2D eigenvalue weighted by molar-refractivity contribution is 6.47. The summed E-state index contributed by atoms with van der Waals surface area (Å²) in [5.41, 5.74) is 0.980. The van der Waals surface area contributed by atoms with Gasteiger partial charge in [0, 0.05) is 0 Å². The van der Waals surface area contributed by atoms with Crippen molar-refractivity contribution in [2.45, 2.75) is 84.2 Å². The van der Waals surface area contributed by atoms with Gasteiger partial charge in [-0.15, -0.1) is 0 Å². The summed E-state index contributed by atoms with van der Waals surface area (Å²) in [6.45, 7) is 13.1. The molecule has 2 rings (SSSR count). The predicted octanol–water partition coefficient (Wildman–Crippen LogP) is 5.52. The Morgan fingerprint density at radius 1 is 0.913 bits per heavy atom. The first kappa shape index (κ1) is 18.5. The molecule has 0 radical (unpaired) electrons. The van der Waals surface area contributed by atoms with Crippen molar-refractivity contribution in [1.29, 1.82) is 0 Å². The SMILES string of the molecule is CC(C)[C@H](CCCCc1ccccc1)B1OC(C)(C)C(C)(C)O1. The first-order chi connectivity index (χ1) is 10.7. The van der Waals surface area contributed by atoms with Gasteiger partial charge in [0.25, 0.3) is 0 Å². The van der Waals surface area contributed by atoms with Crippen LogP contribution in [0.4, 0.5) is 0 Å². The minimum Gasteiger partial charge on any atom is -0.403 e. The third kappa shape index (κ3) is 4.61. The molecule has 0 aromatic heterocycles. The van der Waals surface area contributed by atoms with Crippen LogP contribution in [0.25, 0.3) is 0 Å². The van der Waals surface area contributed by atoms with Crippen molar-refractivity contribution in [1.82, 2.24) is 0 Å². The predicted molar refractivity (Wildman–Crippen MR) is 98.7 cm³/mol. The van der Waals surface area contributed by atoms with Gasteiger partial charge in [0.15, 0.2) is 0 Å². The van der Waals surface area contributed by atoms with E-state index in [2.05, 4.69) is 71.9 Å². The molecular formula is C20H33BO2. The van der Waals surface area contributed by atoms with Crippen molar-refractivity contribution in [3.05, 3.63) is 35.9 Å². The summed E-state index contributed by atoms with van der Waals surface area (Å²) in [4.78, 5) is 0. The molecule has 0 bridgehead atoms. The molecule has 2 nitrogen and oxygen atoms in total. The van der Waals surface area contributed by atoms with Gasteiger partial charge in [0.2, 0.25) is 0 Å². The molecule has 3 heteroatoms. The Morgan fingerprint density at radius 2 is 1.48 bits per heavy atom. The van der Waals surface area contributed by atoms with E-state index in [9.17, 15) is 0 Å². The quantitative estimate of drug-likeness (QED) is 0.487. The molecule has 1 heterocycles. The maximum Gasteiger partial charge on any atom is 0.461 e. The van der Waals surface area contributed by atoms with Crippen LogP contribution in [0.5, 0.6) is 0 Å². The van der Waals surface area contributed by atoms with Crippen molar-refractivity contribution in [2.75, 3.05) is 0 Å². The molecule has 1 saturated heterocycles. The summed E-state index contributed by atoms with van der Waals surface area (Å²) in [5.74, 6) is 1.04. The fraction of sp³-hybridized carbons (Fsp3) is 0.700. The van der Waals surface area contributed by atoms with Crippen LogP contribution in [0, 0.1) is 5.92 Å². The van der Waals surface area contributed by atoms with Crippen molar-refractivity contribution >= 4 is 7.12 Å². The Labute approximate surface area is 143 Å². The van der Waals surface area contributed by atoms with Crippen LogP contribution < -0.4 is 0 Å². The number of unbranched alkanes of at least 4 members (excludes halogenated alkanes) is 1. The summed E-state index contributed by atoms with van der Waals surface area (Å²) in [5, 5.41) is 0. The zero-order valence-electron chi connectivity index (χ0n) is 15.8. The fourth-order valence-electron chi connectivity index (χ4n) is 3.20. The number of benzene rings is 1. The van der Waals surface area contributed by atoms with Crippen LogP contribution in [-0.4, -0.2) is 18.3 Å². The van der Waals surface area contributed by atoms with E-state index < -0.39 is 0 Å². The van der Waals surface area contributed by atoms with Crippen molar-refractivity contribution in [3.8, 4) is 0 Å². The number of hydrogen-bond donors (Lipinski definition) is 0. The maximum absolute atomic E-state index is 6.28. The Hall–Kier alpha value is -0.795. The van der Waals surface area contributed by atoms with E-state index >= 15 is 0 Å². The van der Waals surface area contributed by atoms with Gasteiger partial charge in [-0.2, -0.15) is 0 Å². The second kappa shape index (κ2) is 7.40. The molecule has 128 valence electrons. The lowest BCUT2D eigenvalue weighted by atomic mass is 9.63. The van der Waals surface area contributed by atoms with E-state index in [0.29, 0.717) is 11.7 Å². The molecule has 23 heavy (non-hydrogen) atoms. The molecule has 0 spiro atoms. The molecule has 0 saturated carbocycles. The minimum absolute atomic E-state index is 0.0725. The first-order valence-electron chi connectivity index (χ1n) is 9.12. The van der Waals surface area contributed by atoms with Crippen LogP contribution in [0.15, 0.2) is 30.3 Å². The Kier molecular flexibility index (Phi) is 5.96. The normalized spacial score (nSPS) is 20.9. The lowest BCUT2D eigenvalue weighted by molar-refractivity contribution is 0.00578. The van der Waals surface area contributed by atoms with Gasteiger partial charge in [-0.25, -0.2) is 0 Å².